The van der Waals surface area contributed by atoms with Crippen molar-refractivity contribution >= 4 is 17.7 Å². The number of hydrogen-bond acceptors (Lipinski definition) is 10. The molecule has 10 heteroatoms. The van der Waals surface area contributed by atoms with E-state index in [4.69, 9.17) is 14.2 Å². The maximum Gasteiger partial charge on any atom is 0.338 e. The fourth-order valence-corrected chi connectivity index (χ4v) is 7.31. The van der Waals surface area contributed by atoms with Crippen molar-refractivity contribution in [1.82, 2.24) is 0 Å². The van der Waals surface area contributed by atoms with Crippen LogP contribution in [0.15, 0.2) is 41.5 Å². The van der Waals surface area contributed by atoms with Crippen molar-refractivity contribution in [2.75, 3.05) is 6.61 Å². The van der Waals surface area contributed by atoms with Crippen LogP contribution in [0.25, 0.3) is 0 Å². The van der Waals surface area contributed by atoms with Crippen molar-refractivity contribution in [3.63, 3.8) is 0 Å². The van der Waals surface area contributed by atoms with Crippen molar-refractivity contribution in [3.8, 4) is 0 Å². The molecule has 2 saturated carbocycles. The van der Waals surface area contributed by atoms with Crippen molar-refractivity contribution in [2.24, 2.45) is 17.3 Å². The van der Waals surface area contributed by atoms with Crippen molar-refractivity contribution in [1.29, 1.82) is 0 Å². The summed E-state index contributed by atoms with van der Waals surface area (Å²) in [5, 5.41) is 46.1. The largest absolute Gasteiger partial charge is 0.455 e. The molecule has 3 aliphatic carbocycles. The van der Waals surface area contributed by atoms with Gasteiger partial charge < -0.3 is 34.6 Å². The lowest BCUT2D eigenvalue weighted by atomic mass is 9.47. The number of Topliss-reactive ketones (excluding diaryl/α,β-unsaturated/α-hetero) is 1. The highest BCUT2D eigenvalue weighted by Crippen LogP contribution is 2.61. The zero-order valence-corrected chi connectivity index (χ0v) is 21.8. The van der Waals surface area contributed by atoms with Gasteiger partial charge in [-0.3, -0.25) is 9.59 Å². The van der Waals surface area contributed by atoms with Crippen molar-refractivity contribution in [2.45, 2.75) is 82.3 Å². The maximum absolute atomic E-state index is 14.1. The van der Waals surface area contributed by atoms with Gasteiger partial charge >= 0.3 is 11.9 Å². The Balaban J connectivity index is 1.78. The summed E-state index contributed by atoms with van der Waals surface area (Å²) in [7, 11) is 0. The third-order valence-corrected chi connectivity index (χ3v) is 9.50. The summed E-state index contributed by atoms with van der Waals surface area (Å²) in [5.41, 5.74) is -4.72. The Morgan fingerprint density at radius 1 is 1.13 bits per heavy atom. The Morgan fingerprint density at radius 3 is 2.37 bits per heavy atom. The molecule has 0 radical (unpaired) electrons. The van der Waals surface area contributed by atoms with Gasteiger partial charge in [-0.25, -0.2) is 4.79 Å². The summed E-state index contributed by atoms with van der Waals surface area (Å²) >= 11 is 0. The van der Waals surface area contributed by atoms with Crippen LogP contribution in [-0.2, 0) is 23.8 Å². The monoisotopic (exact) mass is 530 g/mol. The Bertz CT molecular complexity index is 1200. The molecule has 1 aliphatic heterocycles. The lowest BCUT2D eigenvalue weighted by Gasteiger charge is -2.66. The number of ketones is 1. The molecule has 10 atom stereocenters. The molecule has 38 heavy (non-hydrogen) atoms. The Labute approximate surface area is 220 Å². The van der Waals surface area contributed by atoms with E-state index in [-0.39, 0.29) is 30.6 Å². The van der Waals surface area contributed by atoms with Crippen LogP contribution < -0.4 is 0 Å². The second kappa shape index (κ2) is 8.96. The topological polar surface area (TPSA) is 160 Å². The molecule has 4 aliphatic rings. The third-order valence-electron chi connectivity index (χ3n) is 9.50. The predicted octanol–water partition coefficient (Wildman–Crippen LogP) is 0.692. The van der Waals surface area contributed by atoms with Crippen molar-refractivity contribution < 1.29 is 49.0 Å². The van der Waals surface area contributed by atoms with Crippen LogP contribution >= 0.6 is 0 Å². The maximum atomic E-state index is 14.1. The van der Waals surface area contributed by atoms with E-state index < -0.39 is 76.7 Å². The molecule has 0 spiro atoms. The number of ether oxygens (including phenoxy) is 3. The predicted molar refractivity (Wildman–Crippen MR) is 131 cm³/mol. The molecule has 1 aromatic carbocycles. The number of carbonyl (C=O) groups is 3. The van der Waals surface area contributed by atoms with Crippen molar-refractivity contribution in [3.05, 3.63) is 47.0 Å². The summed E-state index contributed by atoms with van der Waals surface area (Å²) < 4.78 is 17.6. The summed E-state index contributed by atoms with van der Waals surface area (Å²) in [6.45, 7) is 5.65. The molecule has 1 aromatic rings. The summed E-state index contributed by atoms with van der Waals surface area (Å²) in [5.74, 6) is -4.50. The Morgan fingerprint density at radius 2 is 1.79 bits per heavy atom. The molecule has 10 nitrogen and oxygen atoms in total. The van der Waals surface area contributed by atoms with Crippen LogP contribution in [0, 0.1) is 17.3 Å². The van der Waals surface area contributed by atoms with Crippen LogP contribution in [-0.4, -0.2) is 86.5 Å². The molecular formula is C28H34O10. The summed E-state index contributed by atoms with van der Waals surface area (Å²) in [4.78, 5) is 40.0. The van der Waals surface area contributed by atoms with Gasteiger partial charge in [-0.15, -0.1) is 0 Å². The van der Waals surface area contributed by atoms with E-state index in [9.17, 15) is 34.8 Å². The third kappa shape index (κ3) is 3.54. The number of aliphatic hydroxyl groups is 4. The highest BCUT2D eigenvalue weighted by atomic mass is 16.6. The molecular weight excluding hydrogens is 496 g/mol. The van der Waals surface area contributed by atoms with Gasteiger partial charge in [0.25, 0.3) is 0 Å². The van der Waals surface area contributed by atoms with Crippen LogP contribution in [0.2, 0.25) is 0 Å². The lowest BCUT2D eigenvalue weighted by molar-refractivity contribution is -0.342. The molecule has 2 bridgehead atoms. The van der Waals surface area contributed by atoms with Crippen LogP contribution in [0.4, 0.5) is 0 Å². The normalized spacial score (nSPS) is 44.1. The highest BCUT2D eigenvalue weighted by molar-refractivity contribution is 5.93. The smallest absolute Gasteiger partial charge is 0.338 e. The first-order valence-corrected chi connectivity index (χ1v) is 12.9. The SMILES string of the molecule is CC(=O)O[C@@]12CO[C@@H]1C[C@H](O)[C@@]1(C)C(=O)[C@H](O)C3=C(C)[C@@H](O)C[C@](O)([C@@H]3C)[C@@H](OC(=O)c3ccccc3)C12. The van der Waals surface area contributed by atoms with E-state index >= 15 is 0 Å². The minimum Gasteiger partial charge on any atom is -0.455 e. The second-order valence-corrected chi connectivity index (χ2v) is 11.4. The van der Waals surface area contributed by atoms with Gasteiger partial charge in [0.1, 0.15) is 23.9 Å². The number of esters is 2. The molecule has 5 rings (SSSR count). The zero-order valence-electron chi connectivity index (χ0n) is 21.8. The number of benzene rings is 1. The van der Waals surface area contributed by atoms with Gasteiger partial charge in [0.05, 0.1) is 35.7 Å². The first-order chi connectivity index (χ1) is 17.8. The quantitative estimate of drug-likeness (QED) is 0.323. The Hall–Kier alpha value is -2.63. The Kier molecular flexibility index (Phi) is 6.35. The van der Waals surface area contributed by atoms with Gasteiger partial charge in [0.2, 0.25) is 0 Å². The molecule has 0 amide bonds. The molecule has 4 N–H and O–H groups in total. The van der Waals surface area contributed by atoms with Gasteiger partial charge in [0, 0.05) is 25.7 Å². The molecule has 206 valence electrons. The number of hydrogen-bond donors (Lipinski definition) is 4. The zero-order chi connectivity index (χ0) is 27.8. The van der Waals surface area contributed by atoms with E-state index in [1.165, 1.54) is 26.0 Å². The van der Waals surface area contributed by atoms with Gasteiger partial charge in [-0.2, -0.15) is 0 Å². The van der Waals surface area contributed by atoms with Gasteiger partial charge in [0.15, 0.2) is 11.4 Å². The average molecular weight is 531 g/mol. The highest BCUT2D eigenvalue weighted by Gasteiger charge is 2.76. The molecule has 1 heterocycles. The standard InChI is InChI=1S/C28H34O10/c1-13-17(30)11-27(35)14(2)20(13)21(32)23(33)26(4)18(31)10-19-28(12-36-19,38-15(3)29)22(26)24(27)37-25(34)16-8-6-5-7-9-16/h5-9,14,17-19,21-22,24,30-32,35H,10-12H2,1-4H3/t14-,17+,18+,19-,21-,22?,24+,26-,27+,28+/m1/s1. The van der Waals surface area contributed by atoms with E-state index in [0.29, 0.717) is 5.57 Å². The first kappa shape index (κ1) is 27.0. The number of aliphatic hydroxyl groups excluding tert-OH is 3. The van der Waals surface area contributed by atoms with E-state index in [2.05, 4.69) is 0 Å². The van der Waals surface area contributed by atoms with Gasteiger partial charge in [-0.05, 0) is 37.1 Å². The molecule has 0 aromatic heterocycles. The fourth-order valence-electron chi connectivity index (χ4n) is 7.31. The van der Waals surface area contributed by atoms with E-state index in [0.717, 1.165) is 0 Å². The first-order valence-electron chi connectivity index (χ1n) is 12.9. The number of carbonyl (C=O) groups excluding carboxylic acids is 3. The lowest BCUT2D eigenvalue weighted by Crippen LogP contribution is -2.81. The summed E-state index contributed by atoms with van der Waals surface area (Å²) in [6, 6.07) is 8.08. The van der Waals surface area contributed by atoms with Crippen LogP contribution in [0.1, 0.15) is 50.9 Å². The van der Waals surface area contributed by atoms with E-state index in [1.807, 2.05) is 0 Å². The molecule has 3 fully saturated rings. The van der Waals surface area contributed by atoms with Crippen LogP contribution in [0.3, 0.4) is 0 Å². The van der Waals surface area contributed by atoms with E-state index in [1.54, 1.807) is 32.0 Å². The molecule has 1 unspecified atom stereocenters. The second-order valence-electron chi connectivity index (χ2n) is 11.4. The van der Waals surface area contributed by atoms with Crippen LogP contribution in [0.5, 0.6) is 0 Å². The fraction of sp³-hybridized carbons (Fsp3) is 0.607. The average Bonchev–Trinajstić information content (AvgIpc) is 2.87. The van der Waals surface area contributed by atoms with Gasteiger partial charge in [-0.1, -0.05) is 25.1 Å². The molecule has 1 saturated heterocycles. The minimum atomic E-state index is -2.00. The summed E-state index contributed by atoms with van der Waals surface area (Å²) in [6.07, 6.45) is -7.12. The number of rotatable bonds is 3. The number of fused-ring (bicyclic) bond motifs is 5. The minimum absolute atomic E-state index is 0.0767.